The first-order chi connectivity index (χ1) is 13.3. The Morgan fingerprint density at radius 1 is 1.04 bits per heavy atom. The number of quaternary nitrogens is 1. The average Bonchev–Trinajstić information content (AvgIpc) is 2.97. The van der Waals surface area contributed by atoms with Crippen molar-refractivity contribution >= 4 is 11.6 Å². The second kappa shape index (κ2) is 10.1. The Bertz CT molecular complexity index is 709. The van der Waals surface area contributed by atoms with Crippen molar-refractivity contribution in [3.63, 3.8) is 0 Å². The maximum Gasteiger partial charge on any atom is 0.287 e. The Balaban J connectivity index is 1.78. The highest BCUT2D eigenvalue weighted by molar-refractivity contribution is 5.95. The minimum atomic E-state index is -0.246. The number of hydrogen-bond donors (Lipinski definition) is 2. The molecule has 0 aromatic heterocycles. The summed E-state index contributed by atoms with van der Waals surface area (Å²) >= 11 is 0. The second-order valence-corrected chi connectivity index (χ2v) is 7.25. The zero-order valence-corrected chi connectivity index (χ0v) is 16.2. The van der Waals surface area contributed by atoms with Crippen molar-refractivity contribution in [3.05, 3.63) is 60.2 Å². The number of para-hydroxylation sites is 2. The number of carbonyl (C=O) groups excluding carboxylic acids is 1. The highest BCUT2D eigenvalue weighted by Crippen LogP contribution is 2.25. The molecule has 1 aliphatic rings. The molecule has 0 saturated heterocycles. The summed E-state index contributed by atoms with van der Waals surface area (Å²) in [6, 6.07) is 18.0. The number of amides is 1. The van der Waals surface area contributed by atoms with Crippen LogP contribution in [-0.4, -0.2) is 18.6 Å². The molecule has 1 aliphatic carbocycles. The highest BCUT2D eigenvalue weighted by atomic mass is 16.5. The van der Waals surface area contributed by atoms with E-state index in [0.717, 1.165) is 17.0 Å². The summed E-state index contributed by atoms with van der Waals surface area (Å²) in [5, 5.41) is 5.38. The topological polar surface area (TPSA) is 54.9 Å². The first-order valence-corrected chi connectivity index (χ1v) is 10.2. The van der Waals surface area contributed by atoms with Gasteiger partial charge in [-0.3, -0.25) is 4.79 Å². The zero-order chi connectivity index (χ0) is 18.9. The number of hydrogen-bond acceptors (Lipinski definition) is 2. The van der Waals surface area contributed by atoms with Crippen molar-refractivity contribution in [2.45, 2.75) is 57.5 Å². The molecule has 1 amide bonds. The van der Waals surface area contributed by atoms with Crippen LogP contribution in [-0.2, 0) is 4.79 Å². The van der Waals surface area contributed by atoms with Gasteiger partial charge in [0.1, 0.15) is 5.75 Å². The molecule has 4 nitrogen and oxygen atoms in total. The molecule has 1 fully saturated rings. The summed E-state index contributed by atoms with van der Waals surface area (Å²) in [4.78, 5) is 13.2. The van der Waals surface area contributed by atoms with Crippen LogP contribution in [0.25, 0.3) is 0 Å². The lowest BCUT2D eigenvalue weighted by Crippen LogP contribution is -2.92. The predicted molar refractivity (Wildman–Crippen MR) is 109 cm³/mol. The van der Waals surface area contributed by atoms with Crippen LogP contribution in [0.15, 0.2) is 54.6 Å². The van der Waals surface area contributed by atoms with Crippen molar-refractivity contribution in [1.82, 2.24) is 0 Å². The van der Waals surface area contributed by atoms with Crippen LogP contribution < -0.4 is 15.4 Å². The number of carbonyl (C=O) groups is 1. The SMILES string of the molecule is CCOc1ccccc1NC(=O)[C@H]([NH2+]C1CCCCCC1)c1ccccc1. The summed E-state index contributed by atoms with van der Waals surface area (Å²) < 4.78 is 5.66. The van der Waals surface area contributed by atoms with Crippen molar-refractivity contribution in [2.24, 2.45) is 0 Å². The summed E-state index contributed by atoms with van der Waals surface area (Å²) in [5.74, 6) is 0.729. The van der Waals surface area contributed by atoms with Crippen LogP contribution in [0.5, 0.6) is 5.75 Å². The number of benzene rings is 2. The fourth-order valence-corrected chi connectivity index (χ4v) is 3.85. The lowest BCUT2D eigenvalue weighted by Gasteiger charge is -2.22. The smallest absolute Gasteiger partial charge is 0.287 e. The molecule has 27 heavy (non-hydrogen) atoms. The number of nitrogens with one attached hydrogen (secondary N) is 1. The molecular formula is C23H31N2O2+. The van der Waals surface area contributed by atoms with Crippen molar-refractivity contribution < 1.29 is 14.8 Å². The molecule has 3 rings (SSSR count). The van der Waals surface area contributed by atoms with Crippen molar-refractivity contribution in [3.8, 4) is 5.75 Å². The van der Waals surface area contributed by atoms with Crippen LogP contribution in [0.1, 0.15) is 57.1 Å². The summed E-state index contributed by atoms with van der Waals surface area (Å²) in [6.45, 7) is 2.52. The molecule has 3 N–H and O–H groups in total. The molecule has 1 atom stereocenters. The largest absolute Gasteiger partial charge is 0.492 e. The normalized spacial score (nSPS) is 16.3. The lowest BCUT2D eigenvalue weighted by atomic mass is 10.0. The van der Waals surface area contributed by atoms with Gasteiger partial charge in [0.15, 0.2) is 6.04 Å². The Morgan fingerprint density at radius 2 is 1.70 bits per heavy atom. The van der Waals surface area contributed by atoms with Gasteiger partial charge in [0.05, 0.1) is 18.3 Å². The summed E-state index contributed by atoms with van der Waals surface area (Å²) in [5.41, 5.74) is 1.78. The van der Waals surface area contributed by atoms with E-state index in [0.29, 0.717) is 12.6 Å². The van der Waals surface area contributed by atoms with E-state index in [1.54, 1.807) is 0 Å². The number of nitrogens with two attached hydrogens (primary N) is 1. The predicted octanol–water partition coefficient (Wildman–Crippen LogP) is 4.05. The van der Waals surface area contributed by atoms with Gasteiger partial charge in [0, 0.05) is 5.56 Å². The van der Waals surface area contributed by atoms with Gasteiger partial charge in [0.25, 0.3) is 5.91 Å². The van der Waals surface area contributed by atoms with Gasteiger partial charge in [-0.15, -0.1) is 0 Å². The van der Waals surface area contributed by atoms with E-state index < -0.39 is 0 Å². The van der Waals surface area contributed by atoms with Crippen LogP contribution in [0, 0.1) is 0 Å². The molecule has 4 heteroatoms. The van der Waals surface area contributed by atoms with Gasteiger partial charge in [-0.25, -0.2) is 0 Å². The highest BCUT2D eigenvalue weighted by Gasteiger charge is 2.29. The second-order valence-electron chi connectivity index (χ2n) is 7.25. The maximum absolute atomic E-state index is 13.2. The van der Waals surface area contributed by atoms with E-state index >= 15 is 0 Å². The quantitative estimate of drug-likeness (QED) is 0.726. The molecule has 0 bridgehead atoms. The molecule has 1 saturated carbocycles. The van der Waals surface area contributed by atoms with Crippen LogP contribution in [0.3, 0.4) is 0 Å². The summed E-state index contributed by atoms with van der Waals surface area (Å²) in [6.07, 6.45) is 7.52. The van der Waals surface area contributed by atoms with Crippen LogP contribution in [0.4, 0.5) is 5.69 Å². The molecule has 0 aliphatic heterocycles. The zero-order valence-electron chi connectivity index (χ0n) is 16.2. The molecule has 0 radical (unpaired) electrons. The van der Waals surface area contributed by atoms with Gasteiger partial charge >= 0.3 is 0 Å². The first kappa shape index (κ1) is 19.4. The summed E-state index contributed by atoms with van der Waals surface area (Å²) in [7, 11) is 0. The van der Waals surface area contributed by atoms with E-state index in [4.69, 9.17) is 4.74 Å². The third-order valence-electron chi connectivity index (χ3n) is 5.25. The fraction of sp³-hybridized carbons (Fsp3) is 0.435. The monoisotopic (exact) mass is 367 g/mol. The average molecular weight is 368 g/mol. The van der Waals surface area contributed by atoms with E-state index in [-0.39, 0.29) is 11.9 Å². The Labute approximate surface area is 162 Å². The molecule has 2 aromatic carbocycles. The van der Waals surface area contributed by atoms with Gasteiger partial charge < -0.3 is 15.4 Å². The minimum Gasteiger partial charge on any atom is -0.492 e. The van der Waals surface area contributed by atoms with Crippen molar-refractivity contribution in [1.29, 1.82) is 0 Å². The third-order valence-corrected chi connectivity index (χ3v) is 5.25. The van der Waals surface area contributed by atoms with E-state index in [1.165, 1.54) is 38.5 Å². The van der Waals surface area contributed by atoms with E-state index in [2.05, 4.69) is 10.6 Å². The van der Waals surface area contributed by atoms with Crippen LogP contribution >= 0.6 is 0 Å². The van der Waals surface area contributed by atoms with E-state index in [1.807, 2.05) is 61.5 Å². The Morgan fingerprint density at radius 3 is 2.41 bits per heavy atom. The number of ether oxygens (including phenoxy) is 1. The van der Waals surface area contributed by atoms with Gasteiger partial charge in [-0.2, -0.15) is 0 Å². The number of rotatable bonds is 7. The Hall–Kier alpha value is -2.33. The van der Waals surface area contributed by atoms with Crippen molar-refractivity contribution in [2.75, 3.05) is 11.9 Å². The third kappa shape index (κ3) is 5.57. The van der Waals surface area contributed by atoms with Gasteiger partial charge in [-0.05, 0) is 44.7 Å². The first-order valence-electron chi connectivity index (χ1n) is 10.2. The standard InChI is InChI=1S/C23H30N2O2/c1-2-27-21-17-11-10-16-20(21)25-23(26)22(18-12-6-5-7-13-18)24-19-14-8-3-4-9-15-19/h5-7,10-13,16-17,19,22,24H,2-4,8-9,14-15H2,1H3,(H,25,26)/p+1/t22-/m1/s1. The maximum atomic E-state index is 13.2. The lowest BCUT2D eigenvalue weighted by molar-refractivity contribution is -0.716. The molecule has 144 valence electrons. The molecular weight excluding hydrogens is 336 g/mol. The van der Waals surface area contributed by atoms with E-state index in [9.17, 15) is 4.79 Å². The fourth-order valence-electron chi connectivity index (χ4n) is 3.85. The Kier molecular flexibility index (Phi) is 7.28. The van der Waals surface area contributed by atoms with Crippen LogP contribution in [0.2, 0.25) is 0 Å². The van der Waals surface area contributed by atoms with Gasteiger partial charge in [-0.1, -0.05) is 55.3 Å². The molecule has 0 heterocycles. The molecule has 0 spiro atoms. The number of anilines is 1. The van der Waals surface area contributed by atoms with Gasteiger partial charge in [0.2, 0.25) is 0 Å². The minimum absolute atomic E-state index is 0.0117. The molecule has 2 aromatic rings. The molecule has 0 unspecified atom stereocenters.